The first-order chi connectivity index (χ1) is 13.2. The van der Waals surface area contributed by atoms with E-state index in [9.17, 15) is 13.2 Å². The second kappa shape index (κ2) is 9.95. The Kier molecular flexibility index (Phi) is 7.91. The minimum atomic E-state index is -3.72. The van der Waals surface area contributed by atoms with Gasteiger partial charge in [0.15, 0.2) is 0 Å². The first-order valence-electron chi connectivity index (χ1n) is 8.91. The number of anilines is 1. The molecule has 0 fully saturated rings. The molecular weight excluding hydrogens is 396 g/mol. The lowest BCUT2D eigenvalue weighted by atomic mass is 10.2. The van der Waals surface area contributed by atoms with E-state index in [0.717, 1.165) is 10.5 Å². The van der Waals surface area contributed by atoms with Gasteiger partial charge in [-0.1, -0.05) is 31.5 Å². The van der Waals surface area contributed by atoms with E-state index in [-0.39, 0.29) is 29.9 Å². The maximum Gasteiger partial charge on any atom is 0.240 e. The highest BCUT2D eigenvalue weighted by molar-refractivity contribution is 7.98. The van der Waals surface area contributed by atoms with Crippen LogP contribution in [0.25, 0.3) is 0 Å². The monoisotopic (exact) mass is 422 g/mol. The molecule has 0 aliphatic carbocycles. The van der Waals surface area contributed by atoms with E-state index in [0.29, 0.717) is 11.4 Å². The third-order valence-corrected chi connectivity index (χ3v) is 6.20. The van der Waals surface area contributed by atoms with Gasteiger partial charge in [0, 0.05) is 17.4 Å². The van der Waals surface area contributed by atoms with Crippen molar-refractivity contribution in [3.63, 3.8) is 0 Å². The average molecular weight is 423 g/mol. The zero-order valence-electron chi connectivity index (χ0n) is 16.5. The Morgan fingerprint density at radius 3 is 2.43 bits per heavy atom. The molecule has 152 valence electrons. The van der Waals surface area contributed by atoms with Crippen molar-refractivity contribution >= 4 is 33.4 Å². The van der Waals surface area contributed by atoms with Gasteiger partial charge < -0.3 is 10.1 Å². The number of benzene rings is 2. The highest BCUT2D eigenvalue weighted by Gasteiger charge is 2.17. The number of hydrogen-bond acceptors (Lipinski definition) is 5. The van der Waals surface area contributed by atoms with Crippen molar-refractivity contribution < 1.29 is 17.9 Å². The van der Waals surface area contributed by atoms with E-state index in [1.54, 1.807) is 19.9 Å². The zero-order chi connectivity index (χ0) is 20.7. The molecule has 0 saturated heterocycles. The summed E-state index contributed by atoms with van der Waals surface area (Å²) in [7, 11) is -3.72. The number of rotatable bonds is 9. The second-order valence-electron chi connectivity index (χ2n) is 6.57. The van der Waals surface area contributed by atoms with Gasteiger partial charge in [0.2, 0.25) is 15.9 Å². The van der Waals surface area contributed by atoms with Crippen LogP contribution in [0.15, 0.2) is 52.3 Å². The minimum Gasteiger partial charge on any atom is -0.492 e. The van der Waals surface area contributed by atoms with Crippen molar-refractivity contribution in [3.8, 4) is 5.75 Å². The van der Waals surface area contributed by atoms with Crippen molar-refractivity contribution in [2.75, 3.05) is 24.7 Å². The molecule has 2 aromatic carbocycles. The fourth-order valence-corrected chi connectivity index (χ4v) is 3.86. The van der Waals surface area contributed by atoms with Gasteiger partial charge >= 0.3 is 0 Å². The van der Waals surface area contributed by atoms with Crippen molar-refractivity contribution in [2.24, 2.45) is 5.92 Å². The van der Waals surface area contributed by atoms with E-state index < -0.39 is 10.0 Å². The first kappa shape index (κ1) is 22.3. The summed E-state index contributed by atoms with van der Waals surface area (Å²) in [5.41, 5.74) is 1.62. The molecule has 0 bridgehead atoms. The summed E-state index contributed by atoms with van der Waals surface area (Å²) in [5, 5.41) is 2.79. The lowest BCUT2D eigenvalue weighted by Gasteiger charge is -2.14. The smallest absolute Gasteiger partial charge is 0.240 e. The number of aryl methyl sites for hydroxylation is 1. The Hall–Kier alpha value is -2.03. The molecule has 0 aromatic heterocycles. The number of ether oxygens (including phenoxy) is 1. The number of nitrogens with one attached hydrogen (secondary N) is 2. The summed E-state index contributed by atoms with van der Waals surface area (Å²) in [6.07, 6.45) is 1.87. The molecule has 0 heterocycles. The Morgan fingerprint density at radius 1 is 1.14 bits per heavy atom. The first-order valence-corrected chi connectivity index (χ1v) is 11.6. The Labute approximate surface area is 171 Å². The summed E-state index contributed by atoms with van der Waals surface area (Å²) < 4.78 is 33.2. The predicted molar refractivity (Wildman–Crippen MR) is 114 cm³/mol. The number of amides is 1. The largest absolute Gasteiger partial charge is 0.492 e. The summed E-state index contributed by atoms with van der Waals surface area (Å²) >= 11 is 1.44. The topological polar surface area (TPSA) is 84.5 Å². The second-order valence-corrected chi connectivity index (χ2v) is 9.18. The van der Waals surface area contributed by atoms with Crippen LogP contribution >= 0.6 is 11.8 Å². The van der Waals surface area contributed by atoms with Crippen LogP contribution in [0.2, 0.25) is 0 Å². The van der Waals surface area contributed by atoms with Crippen LogP contribution in [-0.4, -0.2) is 33.7 Å². The van der Waals surface area contributed by atoms with Gasteiger partial charge in [-0.2, -0.15) is 0 Å². The van der Waals surface area contributed by atoms with Gasteiger partial charge in [-0.3, -0.25) is 4.79 Å². The number of thioether (sulfide) groups is 1. The van der Waals surface area contributed by atoms with E-state index in [4.69, 9.17) is 4.74 Å². The predicted octanol–water partition coefficient (Wildman–Crippen LogP) is 3.67. The molecule has 6 nitrogen and oxygen atoms in total. The lowest BCUT2D eigenvalue weighted by Crippen LogP contribution is -2.28. The SMILES string of the molecule is CSc1ccc(S(=O)(=O)NCCOc2ccc(C)cc2)cc1NC(=O)C(C)C. The molecule has 0 saturated carbocycles. The molecule has 2 N–H and O–H groups in total. The van der Waals surface area contributed by atoms with Gasteiger partial charge in [-0.25, -0.2) is 13.1 Å². The van der Waals surface area contributed by atoms with Crippen LogP contribution in [0, 0.1) is 12.8 Å². The number of hydrogen-bond donors (Lipinski definition) is 2. The molecule has 0 aliphatic heterocycles. The maximum absolute atomic E-state index is 12.6. The summed E-state index contributed by atoms with van der Waals surface area (Å²) in [6.45, 7) is 5.89. The highest BCUT2D eigenvalue weighted by Crippen LogP contribution is 2.28. The fraction of sp³-hybridized carbons (Fsp3) is 0.350. The van der Waals surface area contributed by atoms with Crippen LogP contribution in [0.5, 0.6) is 5.75 Å². The molecule has 2 aromatic rings. The fourth-order valence-electron chi connectivity index (χ4n) is 2.29. The van der Waals surface area contributed by atoms with Crippen molar-refractivity contribution in [3.05, 3.63) is 48.0 Å². The van der Waals surface area contributed by atoms with Gasteiger partial charge in [-0.15, -0.1) is 11.8 Å². The molecule has 0 atom stereocenters. The molecular formula is C20H26N2O4S2. The van der Waals surface area contributed by atoms with Gasteiger partial charge in [-0.05, 0) is 43.5 Å². The Balaban J connectivity index is 2.03. The van der Waals surface area contributed by atoms with Gasteiger partial charge in [0.1, 0.15) is 12.4 Å². The molecule has 0 unspecified atom stereocenters. The molecule has 28 heavy (non-hydrogen) atoms. The molecule has 1 amide bonds. The van der Waals surface area contributed by atoms with E-state index in [1.807, 2.05) is 37.4 Å². The minimum absolute atomic E-state index is 0.0969. The maximum atomic E-state index is 12.6. The van der Waals surface area contributed by atoms with Crippen LogP contribution in [0.4, 0.5) is 5.69 Å². The van der Waals surface area contributed by atoms with E-state index >= 15 is 0 Å². The third-order valence-electron chi connectivity index (χ3n) is 3.95. The number of sulfonamides is 1. The molecule has 0 aliphatic rings. The Morgan fingerprint density at radius 2 is 1.82 bits per heavy atom. The standard InChI is InChI=1S/C20H26N2O4S2/c1-14(2)20(23)22-18-13-17(9-10-19(18)27-4)28(24,25)21-11-12-26-16-7-5-15(3)6-8-16/h5-10,13-14,21H,11-12H2,1-4H3,(H,22,23). The molecule has 0 spiro atoms. The Bertz CT molecular complexity index is 910. The quantitative estimate of drug-likeness (QED) is 0.476. The van der Waals surface area contributed by atoms with Crippen LogP contribution in [-0.2, 0) is 14.8 Å². The highest BCUT2D eigenvalue weighted by atomic mass is 32.2. The third kappa shape index (κ3) is 6.25. The van der Waals surface area contributed by atoms with Crippen molar-refractivity contribution in [1.82, 2.24) is 4.72 Å². The number of carbonyl (C=O) groups excluding carboxylic acids is 1. The average Bonchev–Trinajstić information content (AvgIpc) is 2.66. The van der Waals surface area contributed by atoms with Gasteiger partial charge in [0.25, 0.3) is 0 Å². The number of carbonyl (C=O) groups is 1. The van der Waals surface area contributed by atoms with Gasteiger partial charge in [0.05, 0.1) is 10.6 Å². The van der Waals surface area contributed by atoms with E-state index in [2.05, 4.69) is 10.0 Å². The van der Waals surface area contributed by atoms with Crippen LogP contribution in [0.3, 0.4) is 0 Å². The van der Waals surface area contributed by atoms with Crippen LogP contribution < -0.4 is 14.8 Å². The van der Waals surface area contributed by atoms with Crippen LogP contribution in [0.1, 0.15) is 19.4 Å². The van der Waals surface area contributed by atoms with Crippen molar-refractivity contribution in [1.29, 1.82) is 0 Å². The normalized spacial score (nSPS) is 11.5. The molecule has 8 heteroatoms. The summed E-state index contributed by atoms with van der Waals surface area (Å²) in [4.78, 5) is 12.9. The van der Waals surface area contributed by atoms with E-state index in [1.165, 1.54) is 23.9 Å². The summed E-state index contributed by atoms with van der Waals surface area (Å²) in [6, 6.07) is 12.2. The zero-order valence-corrected chi connectivity index (χ0v) is 18.1. The lowest BCUT2D eigenvalue weighted by molar-refractivity contribution is -0.118. The summed E-state index contributed by atoms with van der Waals surface area (Å²) in [5.74, 6) is 0.323. The molecule has 0 radical (unpaired) electrons. The van der Waals surface area contributed by atoms with Crippen molar-refractivity contribution in [2.45, 2.75) is 30.6 Å². The molecule has 2 rings (SSSR count).